The van der Waals surface area contributed by atoms with Gasteiger partial charge in [-0.05, 0) is 38.0 Å². The molecule has 1 heterocycles. The van der Waals surface area contributed by atoms with Gasteiger partial charge in [0.15, 0.2) is 0 Å². The van der Waals surface area contributed by atoms with Crippen molar-refractivity contribution in [3.05, 3.63) is 57.5 Å². The SMILES string of the molecule is Cc1cc(C)c(S(=O)(=O)Nc2ccc(=O)n(C)c2)c(C)c1. The van der Waals surface area contributed by atoms with E-state index in [-0.39, 0.29) is 10.5 Å². The minimum Gasteiger partial charge on any atom is -0.316 e. The first-order valence-electron chi connectivity index (χ1n) is 6.48. The Kier molecular flexibility index (Phi) is 3.91. The summed E-state index contributed by atoms with van der Waals surface area (Å²) in [7, 11) is -2.11. The van der Waals surface area contributed by atoms with Crippen molar-refractivity contribution in [2.75, 3.05) is 4.72 Å². The molecule has 0 saturated heterocycles. The first-order valence-corrected chi connectivity index (χ1v) is 7.96. The van der Waals surface area contributed by atoms with Gasteiger partial charge in [0.25, 0.3) is 10.0 Å². The van der Waals surface area contributed by atoms with Crippen LogP contribution < -0.4 is 10.3 Å². The number of nitrogens with zero attached hydrogens (tertiary/aromatic N) is 1. The zero-order valence-electron chi connectivity index (χ0n) is 12.5. The van der Waals surface area contributed by atoms with Gasteiger partial charge >= 0.3 is 0 Å². The van der Waals surface area contributed by atoms with E-state index in [0.717, 1.165) is 5.56 Å². The van der Waals surface area contributed by atoms with Crippen molar-refractivity contribution < 1.29 is 8.42 Å². The molecule has 0 atom stereocenters. The van der Waals surface area contributed by atoms with E-state index >= 15 is 0 Å². The van der Waals surface area contributed by atoms with Crippen molar-refractivity contribution in [1.29, 1.82) is 0 Å². The summed E-state index contributed by atoms with van der Waals surface area (Å²) < 4.78 is 28.9. The number of pyridine rings is 1. The summed E-state index contributed by atoms with van der Waals surface area (Å²) in [6, 6.07) is 6.45. The summed E-state index contributed by atoms with van der Waals surface area (Å²) in [4.78, 5) is 11.6. The number of aromatic nitrogens is 1. The molecule has 6 heteroatoms. The van der Waals surface area contributed by atoms with Gasteiger partial charge in [-0.3, -0.25) is 9.52 Å². The lowest BCUT2D eigenvalue weighted by atomic mass is 10.1. The molecule has 2 aromatic rings. The highest BCUT2D eigenvalue weighted by atomic mass is 32.2. The number of hydrogen-bond acceptors (Lipinski definition) is 3. The smallest absolute Gasteiger partial charge is 0.262 e. The first-order chi connectivity index (χ1) is 9.70. The van der Waals surface area contributed by atoms with Crippen molar-refractivity contribution in [1.82, 2.24) is 4.57 Å². The Balaban J connectivity index is 2.48. The fraction of sp³-hybridized carbons (Fsp3) is 0.267. The molecular formula is C15H18N2O3S. The zero-order chi connectivity index (χ0) is 15.8. The largest absolute Gasteiger partial charge is 0.316 e. The highest BCUT2D eigenvalue weighted by Gasteiger charge is 2.20. The average molecular weight is 306 g/mol. The normalized spacial score (nSPS) is 11.4. The quantitative estimate of drug-likeness (QED) is 0.944. The van der Waals surface area contributed by atoms with Gasteiger partial charge in [0, 0.05) is 19.3 Å². The van der Waals surface area contributed by atoms with Gasteiger partial charge in [-0.1, -0.05) is 17.7 Å². The molecule has 0 saturated carbocycles. The molecule has 5 nitrogen and oxygen atoms in total. The van der Waals surface area contributed by atoms with Crippen LogP contribution in [0.2, 0.25) is 0 Å². The molecule has 0 bridgehead atoms. The fourth-order valence-corrected chi connectivity index (χ4v) is 3.95. The predicted octanol–water partition coefficient (Wildman–Crippen LogP) is 2.11. The fourth-order valence-electron chi connectivity index (χ4n) is 2.45. The summed E-state index contributed by atoms with van der Waals surface area (Å²) >= 11 is 0. The Morgan fingerprint density at radius 2 is 1.62 bits per heavy atom. The van der Waals surface area contributed by atoms with E-state index in [4.69, 9.17) is 0 Å². The Morgan fingerprint density at radius 1 is 1.05 bits per heavy atom. The lowest BCUT2D eigenvalue weighted by molar-refractivity contribution is 0.600. The maximum Gasteiger partial charge on any atom is 0.262 e. The molecule has 21 heavy (non-hydrogen) atoms. The van der Waals surface area contributed by atoms with Crippen LogP contribution in [0, 0.1) is 20.8 Å². The monoisotopic (exact) mass is 306 g/mol. The number of aryl methyl sites for hydroxylation is 4. The third-order valence-electron chi connectivity index (χ3n) is 3.21. The molecule has 112 valence electrons. The molecule has 0 aliphatic heterocycles. The Hall–Kier alpha value is -2.08. The number of nitrogens with one attached hydrogen (secondary N) is 1. The van der Waals surface area contributed by atoms with Crippen LogP contribution in [0.25, 0.3) is 0 Å². The van der Waals surface area contributed by atoms with Crippen LogP contribution in [-0.2, 0) is 17.1 Å². The van der Waals surface area contributed by atoms with Crippen LogP contribution in [0.4, 0.5) is 5.69 Å². The standard InChI is InChI=1S/C15H18N2O3S/c1-10-7-11(2)15(12(3)8-10)21(19,20)16-13-5-6-14(18)17(4)9-13/h5-9,16H,1-4H3. The van der Waals surface area contributed by atoms with Gasteiger partial charge in [-0.15, -0.1) is 0 Å². The molecule has 0 radical (unpaired) electrons. The zero-order valence-corrected chi connectivity index (χ0v) is 13.3. The van der Waals surface area contributed by atoms with Crippen LogP contribution in [0.3, 0.4) is 0 Å². The van der Waals surface area contributed by atoms with Crippen molar-refractivity contribution in [2.24, 2.45) is 7.05 Å². The summed E-state index contributed by atoms with van der Waals surface area (Å²) in [5, 5.41) is 0. The Labute approximate surface area is 124 Å². The third kappa shape index (κ3) is 3.16. The minimum absolute atomic E-state index is 0.194. The van der Waals surface area contributed by atoms with Gasteiger partial charge in [-0.25, -0.2) is 8.42 Å². The van der Waals surface area contributed by atoms with Gasteiger partial charge in [0.2, 0.25) is 5.56 Å². The predicted molar refractivity (Wildman–Crippen MR) is 83.1 cm³/mol. The van der Waals surface area contributed by atoms with Gasteiger partial charge < -0.3 is 4.57 Å². The number of benzene rings is 1. The number of rotatable bonds is 3. The Bertz CT molecular complexity index is 828. The topological polar surface area (TPSA) is 68.2 Å². The van der Waals surface area contributed by atoms with Crippen molar-refractivity contribution in [3.8, 4) is 0 Å². The summed E-state index contributed by atoms with van der Waals surface area (Å²) in [6.45, 7) is 5.47. The lowest BCUT2D eigenvalue weighted by Crippen LogP contribution is -2.19. The molecular weight excluding hydrogens is 288 g/mol. The summed E-state index contributed by atoms with van der Waals surface area (Å²) in [5.74, 6) is 0. The molecule has 0 fully saturated rings. The first kappa shape index (κ1) is 15.3. The van der Waals surface area contributed by atoms with Crippen LogP contribution in [-0.4, -0.2) is 13.0 Å². The van der Waals surface area contributed by atoms with Gasteiger partial charge in [0.1, 0.15) is 0 Å². The van der Waals surface area contributed by atoms with E-state index in [9.17, 15) is 13.2 Å². The summed E-state index contributed by atoms with van der Waals surface area (Å²) in [5.41, 5.74) is 2.58. The van der Waals surface area contributed by atoms with Gasteiger partial charge in [-0.2, -0.15) is 0 Å². The highest BCUT2D eigenvalue weighted by molar-refractivity contribution is 7.92. The van der Waals surface area contributed by atoms with Crippen LogP contribution >= 0.6 is 0 Å². The van der Waals surface area contributed by atoms with Crippen molar-refractivity contribution in [2.45, 2.75) is 25.7 Å². The average Bonchev–Trinajstić information content (AvgIpc) is 2.31. The minimum atomic E-state index is -3.69. The number of sulfonamides is 1. The van der Waals surface area contributed by atoms with Crippen LogP contribution in [0.1, 0.15) is 16.7 Å². The van der Waals surface area contributed by atoms with Gasteiger partial charge in [0.05, 0.1) is 10.6 Å². The van der Waals surface area contributed by atoms with Crippen molar-refractivity contribution >= 4 is 15.7 Å². The lowest BCUT2D eigenvalue weighted by Gasteiger charge is -2.14. The molecule has 1 aromatic carbocycles. The van der Waals surface area contributed by atoms with E-state index in [1.807, 2.05) is 19.1 Å². The van der Waals surface area contributed by atoms with Crippen molar-refractivity contribution in [3.63, 3.8) is 0 Å². The van der Waals surface area contributed by atoms with E-state index in [1.165, 1.54) is 22.9 Å². The van der Waals surface area contributed by atoms with E-state index in [2.05, 4.69) is 4.72 Å². The maximum absolute atomic E-state index is 12.6. The molecule has 2 rings (SSSR count). The molecule has 0 spiro atoms. The molecule has 1 N–H and O–H groups in total. The molecule has 0 unspecified atom stereocenters. The second-order valence-corrected chi connectivity index (χ2v) is 6.82. The van der Waals surface area contributed by atoms with Crippen LogP contribution in [0.5, 0.6) is 0 Å². The second-order valence-electron chi connectivity index (χ2n) is 5.20. The Morgan fingerprint density at radius 3 is 2.14 bits per heavy atom. The molecule has 1 aromatic heterocycles. The molecule has 0 amide bonds. The van der Waals surface area contributed by atoms with Crippen LogP contribution in [0.15, 0.2) is 40.2 Å². The number of anilines is 1. The maximum atomic E-state index is 12.6. The van der Waals surface area contributed by atoms with E-state index < -0.39 is 10.0 Å². The van der Waals surface area contributed by atoms with E-state index in [0.29, 0.717) is 16.8 Å². The third-order valence-corrected chi connectivity index (χ3v) is 4.90. The highest BCUT2D eigenvalue weighted by Crippen LogP contribution is 2.23. The number of hydrogen-bond donors (Lipinski definition) is 1. The molecule has 0 aliphatic rings. The molecule has 0 aliphatic carbocycles. The summed E-state index contributed by atoms with van der Waals surface area (Å²) in [6.07, 6.45) is 1.46. The van der Waals surface area contributed by atoms with E-state index in [1.54, 1.807) is 20.9 Å². The second kappa shape index (κ2) is 5.37.